The molecule has 1 N–H and O–H groups in total. The molecule has 6 heteroatoms. The Hall–Kier alpha value is -1.43. The van der Waals surface area contributed by atoms with Gasteiger partial charge >= 0.3 is 0 Å². The maximum Gasteiger partial charge on any atom is 0.246 e. The van der Waals surface area contributed by atoms with E-state index in [-0.39, 0.29) is 30.6 Å². The van der Waals surface area contributed by atoms with Crippen molar-refractivity contribution in [2.75, 3.05) is 18.0 Å². The Bertz CT molecular complexity index is 444. The normalized spacial score (nSPS) is 16.2. The van der Waals surface area contributed by atoms with E-state index in [2.05, 4.69) is 21.2 Å². The molecule has 0 aromatic heterocycles. The number of para-hydroxylation sites is 1. The van der Waals surface area contributed by atoms with Gasteiger partial charge < -0.3 is 5.32 Å². The third kappa shape index (κ3) is 1.92. The van der Waals surface area contributed by atoms with Crippen molar-refractivity contribution < 1.29 is 14.0 Å². The minimum Gasteiger partial charge on any atom is -0.345 e. The second-order valence-electron chi connectivity index (χ2n) is 3.33. The van der Waals surface area contributed by atoms with Crippen molar-refractivity contribution in [3.8, 4) is 0 Å². The molecule has 1 saturated heterocycles. The van der Waals surface area contributed by atoms with Gasteiger partial charge in [0.15, 0.2) is 0 Å². The molecule has 0 atom stereocenters. The van der Waals surface area contributed by atoms with E-state index in [0.717, 1.165) is 4.90 Å². The number of amides is 2. The number of nitrogens with one attached hydrogen (secondary N) is 1. The third-order valence-electron chi connectivity index (χ3n) is 2.25. The van der Waals surface area contributed by atoms with Crippen molar-refractivity contribution in [1.29, 1.82) is 0 Å². The Morgan fingerprint density at radius 2 is 2.12 bits per heavy atom. The van der Waals surface area contributed by atoms with Crippen LogP contribution in [0.5, 0.6) is 0 Å². The standard InChI is InChI=1S/C10H8BrFN2O2/c11-6-2-1-3-7(12)10(6)14-5-8(15)13-4-9(14)16/h1-3H,4-5H2,(H,13,15). The molecule has 2 rings (SSSR count). The summed E-state index contributed by atoms with van der Waals surface area (Å²) >= 11 is 3.16. The van der Waals surface area contributed by atoms with Crippen molar-refractivity contribution in [1.82, 2.24) is 5.32 Å². The topological polar surface area (TPSA) is 49.4 Å². The van der Waals surface area contributed by atoms with Gasteiger partial charge in [-0.15, -0.1) is 0 Å². The molecule has 1 aliphatic rings. The minimum absolute atomic E-state index is 0.0976. The van der Waals surface area contributed by atoms with Crippen molar-refractivity contribution in [2.24, 2.45) is 0 Å². The predicted molar refractivity (Wildman–Crippen MR) is 59.5 cm³/mol. The van der Waals surface area contributed by atoms with Crippen molar-refractivity contribution >= 4 is 33.4 Å². The van der Waals surface area contributed by atoms with Crippen LogP contribution in [0.25, 0.3) is 0 Å². The Balaban J connectivity index is 2.42. The van der Waals surface area contributed by atoms with Crippen LogP contribution in [0.4, 0.5) is 10.1 Å². The molecule has 0 unspecified atom stereocenters. The summed E-state index contributed by atoms with van der Waals surface area (Å²) in [7, 11) is 0. The van der Waals surface area contributed by atoms with E-state index in [9.17, 15) is 14.0 Å². The highest BCUT2D eigenvalue weighted by atomic mass is 79.9. The molecule has 0 spiro atoms. The summed E-state index contributed by atoms with van der Waals surface area (Å²) in [5.74, 6) is -1.16. The second-order valence-corrected chi connectivity index (χ2v) is 4.18. The summed E-state index contributed by atoms with van der Waals surface area (Å²) in [4.78, 5) is 23.9. The van der Waals surface area contributed by atoms with E-state index in [1.165, 1.54) is 12.1 Å². The van der Waals surface area contributed by atoms with E-state index in [1.807, 2.05) is 0 Å². The van der Waals surface area contributed by atoms with Crippen molar-refractivity contribution in [3.05, 3.63) is 28.5 Å². The van der Waals surface area contributed by atoms with E-state index in [4.69, 9.17) is 0 Å². The highest BCUT2D eigenvalue weighted by Crippen LogP contribution is 2.29. The Kier molecular flexibility index (Phi) is 2.91. The zero-order valence-corrected chi connectivity index (χ0v) is 9.75. The summed E-state index contributed by atoms with van der Waals surface area (Å²) in [6, 6.07) is 4.40. The highest BCUT2D eigenvalue weighted by molar-refractivity contribution is 9.10. The first-order valence-electron chi connectivity index (χ1n) is 4.60. The molecule has 1 aliphatic heterocycles. The Morgan fingerprint density at radius 3 is 2.81 bits per heavy atom. The summed E-state index contributed by atoms with van der Waals surface area (Å²) in [5.41, 5.74) is 0.113. The fraction of sp³-hybridized carbons (Fsp3) is 0.200. The van der Waals surface area contributed by atoms with Crippen LogP contribution in [-0.4, -0.2) is 24.9 Å². The number of hydrogen-bond acceptors (Lipinski definition) is 2. The van der Waals surface area contributed by atoms with E-state index >= 15 is 0 Å². The fourth-order valence-corrected chi connectivity index (χ4v) is 2.06. The van der Waals surface area contributed by atoms with Crippen LogP contribution in [0.3, 0.4) is 0 Å². The summed E-state index contributed by atoms with van der Waals surface area (Å²) < 4.78 is 14.0. The van der Waals surface area contributed by atoms with Crippen LogP contribution in [0.1, 0.15) is 0 Å². The lowest BCUT2D eigenvalue weighted by molar-refractivity contribution is -0.128. The van der Waals surface area contributed by atoms with Gasteiger partial charge in [-0.3, -0.25) is 14.5 Å². The number of carbonyl (C=O) groups is 2. The number of nitrogens with zero attached hydrogens (tertiary/aromatic N) is 1. The molecule has 1 aromatic carbocycles. The maximum absolute atomic E-state index is 13.6. The molecular weight excluding hydrogens is 279 g/mol. The van der Waals surface area contributed by atoms with Gasteiger partial charge in [-0.05, 0) is 28.1 Å². The SMILES string of the molecule is O=C1CN(c2c(F)cccc2Br)C(=O)CN1. The number of piperazine rings is 1. The van der Waals surface area contributed by atoms with Gasteiger partial charge in [0.2, 0.25) is 11.8 Å². The quantitative estimate of drug-likeness (QED) is 0.839. The van der Waals surface area contributed by atoms with Crippen LogP contribution in [0.2, 0.25) is 0 Å². The molecule has 0 aliphatic carbocycles. The smallest absolute Gasteiger partial charge is 0.246 e. The van der Waals surface area contributed by atoms with Crippen LogP contribution >= 0.6 is 15.9 Å². The molecule has 0 radical (unpaired) electrons. The Labute approximate surface area is 99.6 Å². The number of carbonyl (C=O) groups excluding carboxylic acids is 2. The molecule has 1 heterocycles. The predicted octanol–water partition coefficient (Wildman–Crippen LogP) is 1.05. The van der Waals surface area contributed by atoms with Gasteiger partial charge in [-0.25, -0.2) is 4.39 Å². The summed E-state index contributed by atoms with van der Waals surface area (Å²) in [6.07, 6.45) is 0. The summed E-state index contributed by atoms with van der Waals surface area (Å²) in [5, 5.41) is 2.40. The zero-order valence-electron chi connectivity index (χ0n) is 8.17. The molecule has 0 saturated carbocycles. The van der Waals surface area contributed by atoms with Crippen LogP contribution in [0, 0.1) is 5.82 Å². The molecule has 16 heavy (non-hydrogen) atoms. The van der Waals surface area contributed by atoms with Gasteiger partial charge in [-0.2, -0.15) is 0 Å². The lowest BCUT2D eigenvalue weighted by Crippen LogP contribution is -2.52. The van der Waals surface area contributed by atoms with Gasteiger partial charge in [0.25, 0.3) is 0 Å². The monoisotopic (exact) mass is 286 g/mol. The van der Waals surface area contributed by atoms with Gasteiger partial charge in [0.1, 0.15) is 12.4 Å². The second kappa shape index (κ2) is 4.21. The average Bonchev–Trinajstić information content (AvgIpc) is 2.23. The number of hydrogen-bond donors (Lipinski definition) is 1. The van der Waals surface area contributed by atoms with E-state index in [1.54, 1.807) is 6.07 Å². The molecular formula is C10H8BrFN2O2. The van der Waals surface area contributed by atoms with Gasteiger partial charge in [0, 0.05) is 4.47 Å². The molecule has 1 fully saturated rings. The molecule has 84 valence electrons. The lowest BCUT2D eigenvalue weighted by Gasteiger charge is -2.27. The zero-order chi connectivity index (χ0) is 11.7. The number of rotatable bonds is 1. The van der Waals surface area contributed by atoms with Gasteiger partial charge in [0.05, 0.1) is 12.2 Å². The van der Waals surface area contributed by atoms with E-state index < -0.39 is 5.82 Å². The maximum atomic E-state index is 13.6. The number of halogens is 2. The van der Waals surface area contributed by atoms with Crippen LogP contribution in [0.15, 0.2) is 22.7 Å². The van der Waals surface area contributed by atoms with Crippen molar-refractivity contribution in [3.63, 3.8) is 0 Å². The Morgan fingerprint density at radius 1 is 1.38 bits per heavy atom. The number of anilines is 1. The third-order valence-corrected chi connectivity index (χ3v) is 2.89. The largest absolute Gasteiger partial charge is 0.345 e. The van der Waals surface area contributed by atoms with Crippen LogP contribution < -0.4 is 10.2 Å². The fourth-order valence-electron chi connectivity index (χ4n) is 1.51. The first-order valence-corrected chi connectivity index (χ1v) is 5.40. The number of benzene rings is 1. The first kappa shape index (κ1) is 11.1. The average molecular weight is 287 g/mol. The molecule has 1 aromatic rings. The molecule has 4 nitrogen and oxygen atoms in total. The summed E-state index contributed by atoms with van der Waals surface area (Å²) in [6.45, 7) is -0.252. The minimum atomic E-state index is -0.530. The highest BCUT2D eigenvalue weighted by Gasteiger charge is 2.27. The first-order chi connectivity index (χ1) is 7.59. The van der Waals surface area contributed by atoms with Gasteiger partial charge in [-0.1, -0.05) is 6.07 Å². The lowest BCUT2D eigenvalue weighted by atomic mass is 10.2. The van der Waals surface area contributed by atoms with Crippen molar-refractivity contribution in [2.45, 2.75) is 0 Å². The molecule has 2 amide bonds. The van der Waals surface area contributed by atoms with E-state index in [0.29, 0.717) is 4.47 Å². The van der Waals surface area contributed by atoms with Crippen LogP contribution in [-0.2, 0) is 9.59 Å². The molecule has 0 bridgehead atoms.